The summed E-state index contributed by atoms with van der Waals surface area (Å²) in [5.74, 6) is 0.100. The summed E-state index contributed by atoms with van der Waals surface area (Å²) in [5, 5.41) is 19.3. The molecule has 1 aromatic rings. The number of benzene rings is 1. The van der Waals surface area contributed by atoms with Crippen LogP contribution in [-0.4, -0.2) is 33.6 Å². The van der Waals surface area contributed by atoms with E-state index < -0.39 is 0 Å². The molecule has 3 unspecified atom stereocenters. The molecule has 0 saturated carbocycles. The third-order valence-corrected chi connectivity index (χ3v) is 4.10. The van der Waals surface area contributed by atoms with Crippen molar-refractivity contribution < 1.29 is 15.0 Å². The van der Waals surface area contributed by atoms with Gasteiger partial charge in [-0.3, -0.25) is 4.79 Å². The second-order valence-corrected chi connectivity index (χ2v) is 5.69. The average Bonchev–Trinajstić information content (AvgIpc) is 2.36. The van der Waals surface area contributed by atoms with Gasteiger partial charge in [-0.05, 0) is 37.3 Å². The number of hydrogen-bond acceptors (Lipinski definition) is 3. The number of para-hydroxylation sites is 1. The number of rotatable bonds is 1. The number of carbonyl (C=O) groups is 1. The van der Waals surface area contributed by atoms with Gasteiger partial charge in [-0.2, -0.15) is 0 Å². The highest BCUT2D eigenvalue weighted by Gasteiger charge is 2.33. The van der Waals surface area contributed by atoms with Gasteiger partial charge in [-0.15, -0.1) is 0 Å². The number of carbonyl (C=O) groups excluding carboxylic acids is 1. The number of hydrogen-bond donors (Lipinski definition) is 2. The normalized spacial score (nSPS) is 27.3. The highest BCUT2D eigenvalue weighted by atomic mass is 16.3. The SMILES string of the molecule is CC1CC(C)C(C)N(C(=O)c2cccc(O)c2O)C1. The summed E-state index contributed by atoms with van der Waals surface area (Å²) < 4.78 is 0. The molecule has 19 heavy (non-hydrogen) atoms. The first-order valence-corrected chi connectivity index (χ1v) is 6.73. The second kappa shape index (κ2) is 5.11. The molecule has 4 heteroatoms. The van der Waals surface area contributed by atoms with Crippen LogP contribution in [0.1, 0.15) is 37.6 Å². The minimum Gasteiger partial charge on any atom is -0.504 e. The molecule has 2 rings (SSSR count). The van der Waals surface area contributed by atoms with Crippen LogP contribution in [0.4, 0.5) is 0 Å². The standard InChI is InChI=1S/C15H21NO3/c1-9-7-10(2)11(3)16(8-9)15(19)12-5-4-6-13(17)14(12)18/h4-6,9-11,17-18H,7-8H2,1-3H3. The van der Waals surface area contributed by atoms with Crippen LogP contribution in [0.3, 0.4) is 0 Å². The Balaban J connectivity index is 2.30. The molecule has 0 radical (unpaired) electrons. The predicted octanol–water partition coefficient (Wildman–Crippen LogP) is 2.60. The van der Waals surface area contributed by atoms with Crippen molar-refractivity contribution in [2.24, 2.45) is 11.8 Å². The van der Waals surface area contributed by atoms with E-state index >= 15 is 0 Å². The Hall–Kier alpha value is -1.71. The monoisotopic (exact) mass is 263 g/mol. The number of amides is 1. The van der Waals surface area contributed by atoms with Crippen molar-refractivity contribution in [3.63, 3.8) is 0 Å². The number of phenols is 2. The van der Waals surface area contributed by atoms with Crippen LogP contribution >= 0.6 is 0 Å². The summed E-state index contributed by atoms with van der Waals surface area (Å²) in [6.07, 6.45) is 1.11. The first-order valence-electron chi connectivity index (χ1n) is 6.73. The Bertz CT molecular complexity index is 486. The average molecular weight is 263 g/mol. The summed E-state index contributed by atoms with van der Waals surface area (Å²) in [6, 6.07) is 4.64. The van der Waals surface area contributed by atoms with Crippen molar-refractivity contribution in [1.82, 2.24) is 4.90 Å². The molecule has 0 bridgehead atoms. The van der Waals surface area contributed by atoms with Crippen molar-refractivity contribution in [3.05, 3.63) is 23.8 Å². The van der Waals surface area contributed by atoms with Gasteiger partial charge in [0.25, 0.3) is 5.91 Å². The molecule has 0 aliphatic carbocycles. The quantitative estimate of drug-likeness (QED) is 0.766. The van der Waals surface area contributed by atoms with E-state index in [1.165, 1.54) is 6.07 Å². The van der Waals surface area contributed by atoms with Crippen molar-refractivity contribution in [2.45, 2.75) is 33.2 Å². The van der Waals surface area contributed by atoms with Crippen molar-refractivity contribution >= 4 is 5.91 Å². The summed E-state index contributed by atoms with van der Waals surface area (Å²) in [7, 11) is 0. The molecule has 1 aliphatic heterocycles. The molecular formula is C15H21NO3. The Morgan fingerprint density at radius 3 is 2.63 bits per heavy atom. The van der Waals surface area contributed by atoms with Crippen LogP contribution in [-0.2, 0) is 0 Å². The van der Waals surface area contributed by atoms with E-state index in [2.05, 4.69) is 13.8 Å². The molecule has 0 aromatic heterocycles. The molecule has 104 valence electrons. The van der Waals surface area contributed by atoms with E-state index in [1.54, 1.807) is 17.0 Å². The van der Waals surface area contributed by atoms with Gasteiger partial charge in [0.2, 0.25) is 0 Å². The van der Waals surface area contributed by atoms with E-state index in [0.717, 1.165) is 6.42 Å². The largest absolute Gasteiger partial charge is 0.504 e. The molecule has 1 heterocycles. The number of aromatic hydroxyl groups is 2. The molecule has 1 fully saturated rings. The zero-order valence-corrected chi connectivity index (χ0v) is 11.6. The highest BCUT2D eigenvalue weighted by Crippen LogP contribution is 2.33. The van der Waals surface area contributed by atoms with Crippen molar-refractivity contribution in [3.8, 4) is 11.5 Å². The predicted molar refractivity (Wildman–Crippen MR) is 73.2 cm³/mol. The summed E-state index contributed by atoms with van der Waals surface area (Å²) in [5.41, 5.74) is 0.174. The minimum atomic E-state index is -0.328. The topological polar surface area (TPSA) is 60.8 Å². The number of phenolic OH excluding ortho intramolecular Hbond substituents is 2. The van der Waals surface area contributed by atoms with Crippen LogP contribution in [0.25, 0.3) is 0 Å². The smallest absolute Gasteiger partial charge is 0.258 e. The maximum atomic E-state index is 12.5. The van der Waals surface area contributed by atoms with Gasteiger partial charge in [0.05, 0.1) is 5.56 Å². The van der Waals surface area contributed by atoms with E-state index in [9.17, 15) is 15.0 Å². The Morgan fingerprint density at radius 2 is 1.95 bits per heavy atom. The van der Waals surface area contributed by atoms with Gasteiger partial charge in [0.15, 0.2) is 11.5 Å². The van der Waals surface area contributed by atoms with E-state index in [-0.39, 0.29) is 29.0 Å². The second-order valence-electron chi connectivity index (χ2n) is 5.69. The van der Waals surface area contributed by atoms with Crippen LogP contribution in [0.15, 0.2) is 18.2 Å². The summed E-state index contributed by atoms with van der Waals surface area (Å²) in [4.78, 5) is 14.3. The van der Waals surface area contributed by atoms with Crippen LogP contribution < -0.4 is 0 Å². The Morgan fingerprint density at radius 1 is 1.26 bits per heavy atom. The van der Waals surface area contributed by atoms with Crippen molar-refractivity contribution in [1.29, 1.82) is 0 Å². The lowest BCUT2D eigenvalue weighted by atomic mass is 9.85. The van der Waals surface area contributed by atoms with Gasteiger partial charge in [0.1, 0.15) is 0 Å². The highest BCUT2D eigenvalue weighted by molar-refractivity contribution is 5.97. The molecule has 0 spiro atoms. The molecule has 1 saturated heterocycles. The Labute approximate surface area is 113 Å². The zero-order chi connectivity index (χ0) is 14.2. The van der Waals surface area contributed by atoms with Gasteiger partial charge in [-0.1, -0.05) is 19.9 Å². The Kier molecular flexibility index (Phi) is 3.69. The fourth-order valence-electron chi connectivity index (χ4n) is 2.84. The van der Waals surface area contributed by atoms with Crippen molar-refractivity contribution in [2.75, 3.05) is 6.54 Å². The lowest BCUT2D eigenvalue weighted by Gasteiger charge is -2.41. The fourth-order valence-corrected chi connectivity index (χ4v) is 2.84. The maximum absolute atomic E-state index is 12.5. The molecule has 1 amide bonds. The third-order valence-electron chi connectivity index (χ3n) is 4.10. The number of nitrogens with zero attached hydrogens (tertiary/aromatic N) is 1. The molecular weight excluding hydrogens is 242 g/mol. The van der Waals surface area contributed by atoms with Gasteiger partial charge < -0.3 is 15.1 Å². The fraction of sp³-hybridized carbons (Fsp3) is 0.533. The number of likely N-dealkylation sites (tertiary alicyclic amines) is 1. The van der Waals surface area contributed by atoms with Crippen LogP contribution in [0.2, 0.25) is 0 Å². The molecule has 1 aliphatic rings. The molecule has 3 atom stereocenters. The first-order chi connectivity index (χ1) is 8.91. The molecule has 1 aromatic carbocycles. The van der Waals surface area contributed by atoms with E-state index in [0.29, 0.717) is 18.4 Å². The molecule has 4 nitrogen and oxygen atoms in total. The minimum absolute atomic E-state index is 0.144. The summed E-state index contributed by atoms with van der Waals surface area (Å²) in [6.45, 7) is 7.00. The third kappa shape index (κ3) is 2.53. The summed E-state index contributed by atoms with van der Waals surface area (Å²) >= 11 is 0. The lowest BCUT2D eigenvalue weighted by Crippen LogP contribution is -2.48. The first kappa shape index (κ1) is 13.7. The van der Waals surface area contributed by atoms with E-state index in [4.69, 9.17) is 0 Å². The van der Waals surface area contributed by atoms with E-state index in [1.807, 2.05) is 6.92 Å². The van der Waals surface area contributed by atoms with Crippen LogP contribution in [0, 0.1) is 11.8 Å². The molecule has 2 N–H and O–H groups in total. The van der Waals surface area contributed by atoms with Gasteiger partial charge >= 0.3 is 0 Å². The zero-order valence-electron chi connectivity index (χ0n) is 11.6. The van der Waals surface area contributed by atoms with Gasteiger partial charge in [0, 0.05) is 12.6 Å². The lowest BCUT2D eigenvalue weighted by molar-refractivity contribution is 0.0452. The van der Waals surface area contributed by atoms with Crippen LogP contribution in [0.5, 0.6) is 11.5 Å². The van der Waals surface area contributed by atoms with Gasteiger partial charge in [-0.25, -0.2) is 0 Å². The maximum Gasteiger partial charge on any atom is 0.258 e. The number of piperidine rings is 1.